The van der Waals surface area contributed by atoms with Crippen LogP contribution in [0.3, 0.4) is 0 Å². The zero-order chi connectivity index (χ0) is 13.2. The number of anilines is 1. The van der Waals surface area contributed by atoms with Crippen molar-refractivity contribution in [2.75, 3.05) is 5.32 Å². The lowest BCUT2D eigenvalue weighted by Gasteiger charge is -1.98. The van der Waals surface area contributed by atoms with Crippen LogP contribution in [0.5, 0.6) is 0 Å². The third-order valence-corrected chi connectivity index (χ3v) is 3.02. The average molecular weight is 249 g/mol. The first kappa shape index (κ1) is 11.4. The molecule has 92 valence electrons. The van der Waals surface area contributed by atoms with Crippen molar-refractivity contribution in [1.82, 2.24) is 0 Å². The van der Waals surface area contributed by atoms with Gasteiger partial charge in [0.05, 0.1) is 5.70 Å². The molecule has 0 bridgehead atoms. The van der Waals surface area contributed by atoms with Gasteiger partial charge in [0.2, 0.25) is 5.78 Å². The number of hydrogen-bond acceptors (Lipinski definition) is 3. The Morgan fingerprint density at radius 2 is 1.63 bits per heavy atom. The van der Waals surface area contributed by atoms with E-state index in [0.717, 1.165) is 5.69 Å². The molecule has 0 aliphatic carbocycles. The van der Waals surface area contributed by atoms with Crippen molar-refractivity contribution in [3.63, 3.8) is 0 Å². The molecular weight excluding hydrogens is 238 g/mol. The van der Waals surface area contributed by atoms with Crippen molar-refractivity contribution in [1.29, 1.82) is 0 Å². The summed E-state index contributed by atoms with van der Waals surface area (Å²) in [6.07, 6.45) is 1.36. The summed E-state index contributed by atoms with van der Waals surface area (Å²) in [5.41, 5.74) is 2.25. The predicted octanol–water partition coefficient (Wildman–Crippen LogP) is 3.06. The largest absolute Gasteiger partial charge is 0.352 e. The minimum atomic E-state index is -0.177. The maximum Gasteiger partial charge on any atom is 0.211 e. The van der Waals surface area contributed by atoms with Gasteiger partial charge in [0.15, 0.2) is 5.78 Å². The number of allylic oxidation sites excluding steroid dienone is 2. The molecule has 1 N–H and O–H groups in total. The molecular formula is C16H11NO2. The lowest BCUT2D eigenvalue weighted by Crippen LogP contribution is -2.05. The molecule has 0 atom stereocenters. The molecule has 0 radical (unpaired) electrons. The highest BCUT2D eigenvalue weighted by Crippen LogP contribution is 2.27. The van der Waals surface area contributed by atoms with Gasteiger partial charge in [-0.1, -0.05) is 42.5 Å². The van der Waals surface area contributed by atoms with Crippen LogP contribution in [0.1, 0.15) is 20.7 Å². The van der Waals surface area contributed by atoms with Gasteiger partial charge < -0.3 is 5.32 Å². The van der Waals surface area contributed by atoms with E-state index in [-0.39, 0.29) is 11.6 Å². The summed E-state index contributed by atoms with van der Waals surface area (Å²) in [7, 11) is 0. The van der Waals surface area contributed by atoms with Crippen molar-refractivity contribution in [2.24, 2.45) is 0 Å². The van der Waals surface area contributed by atoms with Crippen molar-refractivity contribution in [2.45, 2.75) is 0 Å². The molecule has 3 nitrogen and oxygen atoms in total. The van der Waals surface area contributed by atoms with Crippen LogP contribution in [0, 0.1) is 0 Å². The maximum atomic E-state index is 12.1. The highest BCUT2D eigenvalue weighted by Gasteiger charge is 2.24. The fourth-order valence-electron chi connectivity index (χ4n) is 2.06. The third kappa shape index (κ3) is 2.06. The van der Waals surface area contributed by atoms with Gasteiger partial charge in [-0.15, -0.1) is 0 Å². The van der Waals surface area contributed by atoms with Gasteiger partial charge in [-0.05, 0) is 12.1 Å². The summed E-state index contributed by atoms with van der Waals surface area (Å²) in [5, 5.41) is 2.98. The number of carbonyl (C=O) groups excluding carboxylic acids is 2. The molecule has 1 aliphatic heterocycles. The molecule has 1 aliphatic rings. The third-order valence-electron chi connectivity index (χ3n) is 3.02. The quantitative estimate of drug-likeness (QED) is 0.657. The van der Waals surface area contributed by atoms with Crippen LogP contribution in [-0.4, -0.2) is 11.6 Å². The predicted molar refractivity (Wildman–Crippen MR) is 73.3 cm³/mol. The molecule has 0 aromatic heterocycles. The van der Waals surface area contributed by atoms with Gasteiger partial charge in [0, 0.05) is 22.9 Å². The molecule has 2 aromatic carbocycles. The van der Waals surface area contributed by atoms with Crippen molar-refractivity contribution in [3.8, 4) is 0 Å². The SMILES string of the molecule is O=C(C=C1Nc2ccccc2C1=O)c1ccccc1. The summed E-state index contributed by atoms with van der Waals surface area (Å²) < 4.78 is 0. The fraction of sp³-hybridized carbons (Fsp3) is 0. The van der Waals surface area contributed by atoms with E-state index in [1.165, 1.54) is 6.08 Å². The van der Waals surface area contributed by atoms with E-state index in [4.69, 9.17) is 0 Å². The lowest BCUT2D eigenvalue weighted by molar-refractivity contribution is 0.101. The van der Waals surface area contributed by atoms with E-state index in [1.807, 2.05) is 18.2 Å². The Bertz CT molecular complexity index is 687. The molecule has 3 rings (SSSR count). The van der Waals surface area contributed by atoms with Gasteiger partial charge in [-0.25, -0.2) is 0 Å². The smallest absolute Gasteiger partial charge is 0.211 e. The Kier molecular flexibility index (Phi) is 2.72. The molecule has 1 heterocycles. The van der Waals surface area contributed by atoms with E-state index in [1.54, 1.807) is 36.4 Å². The Labute approximate surface area is 110 Å². The molecule has 2 aromatic rings. The number of Topliss-reactive ketones (excluding diaryl/α,β-unsaturated/α-hetero) is 1. The zero-order valence-corrected chi connectivity index (χ0v) is 10.1. The number of fused-ring (bicyclic) bond motifs is 1. The number of rotatable bonds is 2. The second-order valence-electron chi connectivity index (χ2n) is 4.29. The highest BCUT2D eigenvalue weighted by molar-refractivity contribution is 6.21. The summed E-state index contributed by atoms with van der Waals surface area (Å²) >= 11 is 0. The van der Waals surface area contributed by atoms with Crippen LogP contribution in [0.25, 0.3) is 0 Å². The molecule has 0 saturated carbocycles. The first-order valence-corrected chi connectivity index (χ1v) is 5.97. The first-order valence-electron chi connectivity index (χ1n) is 5.97. The van der Waals surface area contributed by atoms with Gasteiger partial charge >= 0.3 is 0 Å². The summed E-state index contributed by atoms with van der Waals surface area (Å²) in [6.45, 7) is 0. The number of hydrogen-bond donors (Lipinski definition) is 1. The molecule has 3 heteroatoms. The maximum absolute atomic E-state index is 12.1. The average Bonchev–Trinajstić information content (AvgIpc) is 2.77. The van der Waals surface area contributed by atoms with E-state index in [0.29, 0.717) is 16.8 Å². The van der Waals surface area contributed by atoms with Gasteiger partial charge in [-0.2, -0.15) is 0 Å². The topological polar surface area (TPSA) is 46.2 Å². The second-order valence-corrected chi connectivity index (χ2v) is 4.29. The summed E-state index contributed by atoms with van der Waals surface area (Å²) in [5.74, 6) is -0.316. The number of para-hydroxylation sites is 1. The van der Waals surface area contributed by atoms with Gasteiger partial charge in [-0.3, -0.25) is 9.59 Å². The van der Waals surface area contributed by atoms with Gasteiger partial charge in [0.1, 0.15) is 0 Å². The summed E-state index contributed by atoms with van der Waals surface area (Å²) in [4.78, 5) is 24.1. The minimum Gasteiger partial charge on any atom is -0.352 e. The second kappa shape index (κ2) is 4.53. The number of nitrogens with one attached hydrogen (secondary N) is 1. The Morgan fingerprint density at radius 3 is 2.37 bits per heavy atom. The van der Waals surface area contributed by atoms with Crippen LogP contribution in [0.2, 0.25) is 0 Å². The van der Waals surface area contributed by atoms with Crippen LogP contribution < -0.4 is 5.32 Å². The van der Waals surface area contributed by atoms with Crippen LogP contribution >= 0.6 is 0 Å². The standard InChI is InChI=1S/C16H11NO2/c18-15(11-6-2-1-3-7-11)10-14-16(19)12-8-4-5-9-13(12)17-14/h1-10,17H. The van der Waals surface area contributed by atoms with Crippen LogP contribution in [0.15, 0.2) is 66.4 Å². The van der Waals surface area contributed by atoms with E-state index in [9.17, 15) is 9.59 Å². The van der Waals surface area contributed by atoms with E-state index < -0.39 is 0 Å². The van der Waals surface area contributed by atoms with E-state index >= 15 is 0 Å². The highest BCUT2D eigenvalue weighted by atomic mass is 16.1. The summed E-state index contributed by atoms with van der Waals surface area (Å²) in [6, 6.07) is 16.1. The normalized spacial score (nSPS) is 15.2. The molecule has 0 unspecified atom stereocenters. The first-order chi connectivity index (χ1) is 9.25. The molecule has 0 spiro atoms. The van der Waals surface area contributed by atoms with Gasteiger partial charge in [0.25, 0.3) is 0 Å². The molecule has 0 saturated heterocycles. The van der Waals surface area contributed by atoms with Crippen LogP contribution in [0.4, 0.5) is 5.69 Å². The number of ketones is 2. The van der Waals surface area contributed by atoms with Crippen molar-refractivity contribution >= 4 is 17.3 Å². The lowest BCUT2D eigenvalue weighted by atomic mass is 10.1. The molecule has 19 heavy (non-hydrogen) atoms. The Balaban J connectivity index is 1.92. The molecule has 0 amide bonds. The molecule has 0 fully saturated rings. The van der Waals surface area contributed by atoms with E-state index in [2.05, 4.69) is 5.32 Å². The minimum absolute atomic E-state index is 0.139. The van der Waals surface area contributed by atoms with Crippen molar-refractivity contribution < 1.29 is 9.59 Å². The van der Waals surface area contributed by atoms with Crippen LogP contribution in [-0.2, 0) is 0 Å². The zero-order valence-electron chi connectivity index (χ0n) is 10.1. The monoisotopic (exact) mass is 249 g/mol. The fourth-order valence-corrected chi connectivity index (χ4v) is 2.06. The number of carbonyl (C=O) groups is 2. The number of benzene rings is 2. The van der Waals surface area contributed by atoms with Crippen molar-refractivity contribution in [3.05, 3.63) is 77.5 Å². The Hall–Kier alpha value is -2.68. The Morgan fingerprint density at radius 1 is 0.947 bits per heavy atom.